The van der Waals surface area contributed by atoms with Gasteiger partial charge in [0.05, 0.1) is 12.1 Å². The van der Waals surface area contributed by atoms with Crippen molar-refractivity contribution in [2.45, 2.75) is 26.6 Å². The molecule has 0 spiro atoms. The van der Waals surface area contributed by atoms with Crippen LogP contribution in [0.15, 0.2) is 89.9 Å². The SMILES string of the molecule is CCn1c(NCc2ccccc2)c(C=NCc2ccccc2)c2ccccc21.F.FB(F)F. The highest BCUT2D eigenvalue weighted by Gasteiger charge is 2.14. The van der Waals surface area contributed by atoms with Crippen LogP contribution in [0, 0.1) is 0 Å². The second kappa shape index (κ2) is 13.1. The maximum absolute atomic E-state index is 9.67. The summed E-state index contributed by atoms with van der Waals surface area (Å²) in [6.07, 6.45) is 2.02. The van der Waals surface area contributed by atoms with Crippen LogP contribution < -0.4 is 5.32 Å². The Kier molecular flexibility index (Phi) is 10.2. The minimum absolute atomic E-state index is 0. The molecule has 4 rings (SSSR count). The van der Waals surface area contributed by atoms with Crippen molar-refractivity contribution >= 4 is 30.5 Å². The molecule has 0 saturated carbocycles. The van der Waals surface area contributed by atoms with Gasteiger partial charge in [0.2, 0.25) is 0 Å². The Morgan fingerprint density at radius 2 is 1.39 bits per heavy atom. The van der Waals surface area contributed by atoms with Crippen molar-refractivity contribution < 1.29 is 17.7 Å². The number of nitrogens with zero attached hydrogens (tertiary/aromatic N) is 2. The van der Waals surface area contributed by atoms with Gasteiger partial charge < -0.3 is 9.88 Å². The van der Waals surface area contributed by atoms with Gasteiger partial charge in [-0.15, -0.1) is 0 Å². The van der Waals surface area contributed by atoms with Gasteiger partial charge in [-0.3, -0.25) is 22.6 Å². The number of benzene rings is 3. The maximum atomic E-state index is 9.67. The lowest BCUT2D eigenvalue weighted by molar-refractivity contribution is 0.535. The van der Waals surface area contributed by atoms with E-state index in [4.69, 9.17) is 4.99 Å². The van der Waals surface area contributed by atoms with Crippen LogP contribution in [0.5, 0.6) is 0 Å². The van der Waals surface area contributed by atoms with E-state index in [1.165, 1.54) is 22.0 Å². The number of aromatic nitrogens is 1. The van der Waals surface area contributed by atoms with Crippen LogP contribution in [-0.4, -0.2) is 18.3 Å². The second-order valence-electron chi connectivity index (χ2n) is 7.07. The van der Waals surface area contributed by atoms with E-state index in [2.05, 4.69) is 89.6 Å². The third kappa shape index (κ3) is 7.24. The monoisotopic (exact) mass is 455 g/mol. The third-order valence-corrected chi connectivity index (χ3v) is 4.97. The zero-order valence-electron chi connectivity index (χ0n) is 18.3. The van der Waals surface area contributed by atoms with Crippen LogP contribution in [0.2, 0.25) is 0 Å². The Morgan fingerprint density at radius 1 is 0.848 bits per heavy atom. The predicted molar refractivity (Wildman–Crippen MR) is 131 cm³/mol. The summed E-state index contributed by atoms with van der Waals surface area (Å²) >= 11 is 0. The number of rotatable bonds is 7. The molecule has 0 aliphatic rings. The standard InChI is InChI=1S/C25H25N3.BF3.FH/c1-2-28-24-16-10-9-15-22(24)23(19-26-17-20-11-5-3-6-12-20)25(28)27-18-21-13-7-4-8-14-21;2-1(3)4;/h3-16,19,27H,2,17-18H2,1H3;;1H. The average Bonchev–Trinajstić information content (AvgIpc) is 3.11. The molecule has 0 unspecified atom stereocenters. The minimum atomic E-state index is -3.67. The second-order valence-corrected chi connectivity index (χ2v) is 7.07. The van der Waals surface area contributed by atoms with E-state index in [1.54, 1.807) is 0 Å². The number of halogens is 4. The molecule has 3 aromatic carbocycles. The van der Waals surface area contributed by atoms with E-state index < -0.39 is 7.54 Å². The molecule has 1 heterocycles. The Hall–Kier alpha value is -3.55. The average molecular weight is 455 g/mol. The lowest BCUT2D eigenvalue weighted by atomic mass is 10.1. The normalized spacial score (nSPS) is 10.4. The van der Waals surface area contributed by atoms with Gasteiger partial charge in [0.25, 0.3) is 0 Å². The number of aliphatic imine (C=N–C) groups is 1. The molecule has 3 nitrogen and oxygen atoms in total. The fourth-order valence-corrected chi connectivity index (χ4v) is 3.59. The molecule has 33 heavy (non-hydrogen) atoms. The first-order valence-corrected chi connectivity index (χ1v) is 10.4. The zero-order chi connectivity index (χ0) is 22.8. The van der Waals surface area contributed by atoms with Crippen LogP contribution in [-0.2, 0) is 19.6 Å². The Labute approximate surface area is 191 Å². The lowest BCUT2D eigenvalue weighted by Gasteiger charge is -2.12. The molecule has 0 atom stereocenters. The zero-order valence-corrected chi connectivity index (χ0v) is 18.3. The maximum Gasteiger partial charge on any atom is 0.762 e. The van der Waals surface area contributed by atoms with Crippen molar-refractivity contribution in [3.8, 4) is 0 Å². The summed E-state index contributed by atoms with van der Waals surface area (Å²) in [6.45, 7) is 4.57. The molecule has 172 valence electrons. The summed E-state index contributed by atoms with van der Waals surface area (Å²) < 4.78 is 31.3. The summed E-state index contributed by atoms with van der Waals surface area (Å²) in [6, 6.07) is 29.4. The van der Waals surface area contributed by atoms with Gasteiger partial charge in [-0.1, -0.05) is 78.9 Å². The molecular weight excluding hydrogens is 429 g/mol. The highest BCUT2D eigenvalue weighted by molar-refractivity contribution is 6.33. The number of anilines is 1. The quantitative estimate of drug-likeness (QED) is 0.183. The van der Waals surface area contributed by atoms with Gasteiger partial charge in [0.15, 0.2) is 0 Å². The number of hydrogen-bond acceptors (Lipinski definition) is 2. The van der Waals surface area contributed by atoms with Crippen molar-refractivity contribution in [1.82, 2.24) is 4.57 Å². The molecule has 1 N–H and O–H groups in total. The van der Waals surface area contributed by atoms with Crippen LogP contribution in [0.1, 0.15) is 23.6 Å². The van der Waals surface area contributed by atoms with Crippen molar-refractivity contribution in [3.05, 3.63) is 102 Å². The summed E-state index contributed by atoms with van der Waals surface area (Å²) in [4.78, 5) is 4.75. The lowest BCUT2D eigenvalue weighted by Crippen LogP contribution is -2.07. The van der Waals surface area contributed by atoms with E-state index >= 15 is 0 Å². The fourth-order valence-electron chi connectivity index (χ4n) is 3.59. The number of fused-ring (bicyclic) bond motifs is 1. The number of para-hydroxylation sites is 1. The van der Waals surface area contributed by atoms with Gasteiger partial charge in [-0.2, -0.15) is 0 Å². The van der Waals surface area contributed by atoms with Crippen molar-refractivity contribution in [3.63, 3.8) is 0 Å². The fraction of sp³-hybridized carbons (Fsp3) is 0.160. The number of aryl methyl sites for hydroxylation is 1. The third-order valence-electron chi connectivity index (χ3n) is 4.97. The smallest absolute Gasteiger partial charge is 0.367 e. The predicted octanol–water partition coefficient (Wildman–Crippen LogP) is 6.92. The van der Waals surface area contributed by atoms with E-state index in [-0.39, 0.29) is 4.70 Å². The summed E-state index contributed by atoms with van der Waals surface area (Å²) in [7, 11) is -3.67. The molecule has 0 amide bonds. The van der Waals surface area contributed by atoms with Crippen molar-refractivity contribution in [2.24, 2.45) is 4.99 Å². The highest BCUT2D eigenvalue weighted by atomic mass is 19.4. The van der Waals surface area contributed by atoms with Crippen LogP contribution in [0.4, 0.5) is 23.5 Å². The molecule has 0 fully saturated rings. The summed E-state index contributed by atoms with van der Waals surface area (Å²) in [5, 5.41) is 4.89. The van der Waals surface area contributed by atoms with E-state index in [0.717, 1.165) is 24.5 Å². The number of nitrogens with one attached hydrogen (secondary N) is 1. The Bertz CT molecular complexity index is 1130. The van der Waals surface area contributed by atoms with Crippen molar-refractivity contribution in [2.75, 3.05) is 5.32 Å². The van der Waals surface area contributed by atoms with Gasteiger partial charge in [-0.05, 0) is 24.1 Å². The van der Waals surface area contributed by atoms with Gasteiger partial charge in [-0.25, -0.2) is 0 Å². The molecule has 0 radical (unpaired) electrons. The Morgan fingerprint density at radius 3 is 2.00 bits per heavy atom. The molecule has 8 heteroatoms. The van der Waals surface area contributed by atoms with Gasteiger partial charge in [0.1, 0.15) is 5.82 Å². The van der Waals surface area contributed by atoms with Gasteiger partial charge >= 0.3 is 7.54 Å². The summed E-state index contributed by atoms with van der Waals surface area (Å²) in [5.74, 6) is 1.13. The molecule has 1 aromatic heterocycles. The first-order valence-electron chi connectivity index (χ1n) is 10.4. The van der Waals surface area contributed by atoms with E-state index in [0.29, 0.717) is 6.54 Å². The first kappa shape index (κ1) is 25.7. The van der Waals surface area contributed by atoms with Crippen LogP contribution in [0.3, 0.4) is 0 Å². The number of hydrogen-bond donors (Lipinski definition) is 1. The first-order chi connectivity index (χ1) is 15.6. The topological polar surface area (TPSA) is 29.3 Å². The van der Waals surface area contributed by atoms with Crippen molar-refractivity contribution in [1.29, 1.82) is 0 Å². The van der Waals surface area contributed by atoms with Gasteiger partial charge in [0, 0.05) is 30.3 Å². The van der Waals surface area contributed by atoms with Crippen LogP contribution in [0.25, 0.3) is 10.9 Å². The van der Waals surface area contributed by atoms with E-state index in [1.807, 2.05) is 18.3 Å². The highest BCUT2D eigenvalue weighted by Crippen LogP contribution is 2.29. The molecular formula is C25H26BF4N3. The Balaban J connectivity index is 0.000000714. The van der Waals surface area contributed by atoms with Crippen LogP contribution >= 0.6 is 0 Å². The molecule has 0 aliphatic heterocycles. The molecule has 0 saturated heterocycles. The molecule has 0 aliphatic carbocycles. The molecule has 0 bridgehead atoms. The largest absolute Gasteiger partial charge is 0.762 e. The summed E-state index contributed by atoms with van der Waals surface area (Å²) in [5.41, 5.74) is 4.88. The molecule has 4 aromatic rings. The van der Waals surface area contributed by atoms with E-state index in [9.17, 15) is 12.9 Å². The minimum Gasteiger partial charge on any atom is -0.367 e.